The highest BCUT2D eigenvalue weighted by atomic mass is 19.1. The second kappa shape index (κ2) is 8.96. The first-order valence-corrected chi connectivity index (χ1v) is 9.93. The van der Waals surface area contributed by atoms with E-state index in [1.54, 1.807) is 36.4 Å². The number of nitrogens with zero attached hydrogens (tertiary/aromatic N) is 1. The molecule has 0 bridgehead atoms. The van der Waals surface area contributed by atoms with Gasteiger partial charge in [-0.2, -0.15) is 0 Å². The van der Waals surface area contributed by atoms with Crippen LogP contribution in [0.3, 0.4) is 0 Å². The molecule has 3 aromatic rings. The van der Waals surface area contributed by atoms with Gasteiger partial charge in [-0.1, -0.05) is 42.5 Å². The van der Waals surface area contributed by atoms with Crippen LogP contribution < -0.4 is 9.64 Å². The van der Waals surface area contributed by atoms with E-state index in [9.17, 15) is 23.9 Å². The van der Waals surface area contributed by atoms with Gasteiger partial charge in [0.1, 0.15) is 17.3 Å². The molecule has 1 atom stereocenters. The molecule has 0 saturated carbocycles. The van der Waals surface area contributed by atoms with Crippen LogP contribution in [0.5, 0.6) is 5.75 Å². The first-order chi connectivity index (χ1) is 15.9. The maximum absolute atomic E-state index is 14.1. The Kier molecular flexibility index (Phi) is 5.91. The molecule has 7 nitrogen and oxygen atoms in total. The Morgan fingerprint density at radius 3 is 2.27 bits per heavy atom. The summed E-state index contributed by atoms with van der Waals surface area (Å²) in [5, 5.41) is 19.7. The van der Waals surface area contributed by atoms with Crippen LogP contribution in [-0.4, -0.2) is 34.5 Å². The first kappa shape index (κ1) is 21.8. The monoisotopic (exact) mass is 447 g/mol. The van der Waals surface area contributed by atoms with E-state index in [0.29, 0.717) is 16.8 Å². The molecule has 0 spiro atoms. The number of ether oxygens (including phenoxy) is 1. The predicted octanol–water partition coefficient (Wildman–Crippen LogP) is 3.92. The van der Waals surface area contributed by atoms with Crippen molar-refractivity contribution >= 4 is 29.1 Å². The van der Waals surface area contributed by atoms with E-state index in [1.807, 2.05) is 0 Å². The summed E-state index contributed by atoms with van der Waals surface area (Å²) < 4.78 is 19.2. The minimum atomic E-state index is -1.14. The molecule has 0 aromatic heterocycles. The average molecular weight is 447 g/mol. The molecule has 1 aliphatic heterocycles. The van der Waals surface area contributed by atoms with Crippen molar-refractivity contribution in [1.29, 1.82) is 0 Å². The van der Waals surface area contributed by atoms with E-state index >= 15 is 0 Å². The third kappa shape index (κ3) is 4.31. The third-order valence-corrected chi connectivity index (χ3v) is 5.13. The lowest BCUT2D eigenvalue weighted by Gasteiger charge is -2.25. The van der Waals surface area contributed by atoms with Gasteiger partial charge in [-0.25, -0.2) is 9.18 Å². The van der Waals surface area contributed by atoms with Crippen LogP contribution in [0, 0.1) is 5.82 Å². The van der Waals surface area contributed by atoms with Crippen molar-refractivity contribution in [3.05, 3.63) is 101 Å². The molecule has 0 aliphatic carbocycles. The van der Waals surface area contributed by atoms with Crippen molar-refractivity contribution in [2.75, 3.05) is 11.5 Å². The van der Waals surface area contributed by atoms with Crippen molar-refractivity contribution in [3.63, 3.8) is 0 Å². The first-order valence-electron chi connectivity index (χ1n) is 9.93. The van der Waals surface area contributed by atoms with Gasteiger partial charge in [0, 0.05) is 11.3 Å². The van der Waals surface area contributed by atoms with Crippen LogP contribution in [0.25, 0.3) is 5.76 Å². The number of carboxylic acid groups (broad SMARTS) is 1. The highest BCUT2D eigenvalue weighted by Crippen LogP contribution is 2.42. The predicted molar refractivity (Wildman–Crippen MR) is 117 cm³/mol. The van der Waals surface area contributed by atoms with Gasteiger partial charge in [0.25, 0.3) is 11.7 Å². The second-order valence-corrected chi connectivity index (χ2v) is 7.27. The Bertz CT molecular complexity index is 1250. The van der Waals surface area contributed by atoms with Gasteiger partial charge in [-0.15, -0.1) is 0 Å². The normalized spacial score (nSPS) is 17.2. The molecule has 3 aromatic carbocycles. The Labute approximate surface area is 188 Å². The molecule has 1 aliphatic rings. The standard InChI is InChI=1S/C25H18FNO6/c26-17-8-4-7-16(13-17)22-21(23(30)15-5-2-1-3-6-15)24(31)25(32)27(22)18-9-11-19(12-10-18)33-14-20(28)29/h1-13,22,30H,14H2,(H,28,29)/t22-/m0/s1. The smallest absolute Gasteiger partial charge is 0.341 e. The lowest BCUT2D eigenvalue weighted by molar-refractivity contribution is -0.139. The molecule has 8 heteroatoms. The van der Waals surface area contributed by atoms with E-state index in [2.05, 4.69) is 0 Å². The SMILES string of the molecule is O=C(O)COc1ccc(N2C(=O)C(=O)C(=C(O)c3ccccc3)[C@@H]2c2cccc(F)c2)cc1. The number of benzene rings is 3. The lowest BCUT2D eigenvalue weighted by Crippen LogP contribution is -2.29. The lowest BCUT2D eigenvalue weighted by atomic mass is 9.95. The van der Waals surface area contributed by atoms with E-state index in [-0.39, 0.29) is 17.1 Å². The molecule has 1 saturated heterocycles. The van der Waals surface area contributed by atoms with Gasteiger partial charge in [-0.3, -0.25) is 14.5 Å². The Morgan fingerprint density at radius 1 is 0.939 bits per heavy atom. The molecule has 1 fully saturated rings. The minimum Gasteiger partial charge on any atom is -0.507 e. The van der Waals surface area contributed by atoms with Crippen LogP contribution in [-0.2, 0) is 14.4 Å². The summed E-state index contributed by atoms with van der Waals surface area (Å²) in [6.07, 6.45) is 0. The van der Waals surface area contributed by atoms with Crippen molar-refractivity contribution in [3.8, 4) is 5.75 Å². The topological polar surface area (TPSA) is 104 Å². The number of rotatable bonds is 6. The fraction of sp³-hybridized carbons (Fsp3) is 0.0800. The number of carbonyl (C=O) groups is 3. The summed E-state index contributed by atoms with van der Waals surface area (Å²) in [5.41, 5.74) is 0.774. The largest absolute Gasteiger partial charge is 0.507 e. The number of aliphatic hydroxyl groups is 1. The zero-order chi connectivity index (χ0) is 23.5. The zero-order valence-electron chi connectivity index (χ0n) is 17.1. The maximum Gasteiger partial charge on any atom is 0.341 e. The fourth-order valence-corrected chi connectivity index (χ4v) is 3.69. The summed E-state index contributed by atoms with van der Waals surface area (Å²) in [6.45, 7) is -0.537. The number of amides is 1. The van der Waals surface area contributed by atoms with Crippen LogP contribution in [0.1, 0.15) is 17.2 Å². The maximum atomic E-state index is 14.1. The van der Waals surface area contributed by atoms with Crippen molar-refractivity contribution < 1.29 is 33.7 Å². The Morgan fingerprint density at radius 2 is 1.64 bits per heavy atom. The van der Waals surface area contributed by atoms with Gasteiger partial charge >= 0.3 is 5.97 Å². The Balaban J connectivity index is 1.83. The third-order valence-electron chi connectivity index (χ3n) is 5.13. The summed E-state index contributed by atoms with van der Waals surface area (Å²) in [7, 11) is 0. The summed E-state index contributed by atoms with van der Waals surface area (Å²) in [6, 6.07) is 18.6. The van der Waals surface area contributed by atoms with Crippen LogP contribution >= 0.6 is 0 Å². The van der Waals surface area contributed by atoms with Gasteiger partial charge in [0.05, 0.1) is 11.6 Å². The Hall–Kier alpha value is -4.46. The number of hydrogen-bond acceptors (Lipinski definition) is 5. The van der Waals surface area contributed by atoms with E-state index in [4.69, 9.17) is 9.84 Å². The van der Waals surface area contributed by atoms with Crippen molar-refractivity contribution in [2.24, 2.45) is 0 Å². The summed E-state index contributed by atoms with van der Waals surface area (Å²) in [4.78, 5) is 37.9. The number of hydrogen-bond donors (Lipinski definition) is 2. The molecule has 4 rings (SSSR count). The van der Waals surface area contributed by atoms with Gasteiger partial charge in [-0.05, 0) is 42.0 Å². The highest BCUT2D eigenvalue weighted by Gasteiger charge is 2.47. The van der Waals surface area contributed by atoms with Crippen LogP contribution in [0.4, 0.5) is 10.1 Å². The van der Waals surface area contributed by atoms with Gasteiger partial charge < -0.3 is 14.9 Å². The number of halogens is 1. The number of ketones is 1. The number of carboxylic acids is 1. The molecule has 0 radical (unpaired) electrons. The molecular weight excluding hydrogens is 429 g/mol. The molecule has 0 unspecified atom stereocenters. The summed E-state index contributed by atoms with van der Waals surface area (Å²) in [5.74, 6) is -3.61. The molecule has 33 heavy (non-hydrogen) atoms. The van der Waals surface area contributed by atoms with Crippen LogP contribution in [0.15, 0.2) is 84.4 Å². The number of carbonyl (C=O) groups excluding carboxylic acids is 2. The van der Waals surface area contributed by atoms with Gasteiger partial charge in [0.15, 0.2) is 6.61 Å². The quantitative estimate of drug-likeness (QED) is 0.337. The van der Waals surface area contributed by atoms with E-state index in [1.165, 1.54) is 47.4 Å². The number of anilines is 1. The molecule has 1 heterocycles. The van der Waals surface area contributed by atoms with Crippen molar-refractivity contribution in [2.45, 2.75) is 6.04 Å². The van der Waals surface area contributed by atoms with E-state index in [0.717, 1.165) is 0 Å². The minimum absolute atomic E-state index is 0.164. The second-order valence-electron chi connectivity index (χ2n) is 7.27. The molecule has 166 valence electrons. The van der Waals surface area contributed by atoms with E-state index < -0.39 is 36.1 Å². The zero-order valence-corrected chi connectivity index (χ0v) is 17.1. The number of Topliss-reactive ketones (excluding diaryl/α,β-unsaturated/α-hetero) is 1. The number of aliphatic carboxylic acids is 1. The van der Waals surface area contributed by atoms with Gasteiger partial charge in [0.2, 0.25) is 0 Å². The summed E-state index contributed by atoms with van der Waals surface area (Å²) >= 11 is 0. The highest BCUT2D eigenvalue weighted by molar-refractivity contribution is 6.51. The average Bonchev–Trinajstić information content (AvgIpc) is 3.08. The fourth-order valence-electron chi connectivity index (χ4n) is 3.69. The van der Waals surface area contributed by atoms with Crippen molar-refractivity contribution in [1.82, 2.24) is 0 Å². The molecular formula is C25H18FNO6. The molecule has 2 N–H and O–H groups in total. The number of aliphatic hydroxyl groups excluding tert-OH is 1. The van der Waals surface area contributed by atoms with Crippen LogP contribution in [0.2, 0.25) is 0 Å². The molecule has 1 amide bonds.